The molecule has 0 fully saturated rings. The number of hydrogen-bond acceptors (Lipinski definition) is 1. The molecule has 88 valence electrons. The molecule has 0 aliphatic heterocycles. The number of fused-ring (bicyclic) bond motifs is 1. The fourth-order valence-corrected chi connectivity index (χ4v) is 2.35. The smallest absolute Gasteiger partial charge is 0.258 e. The molecule has 1 aromatic carbocycles. The fraction of sp³-hybridized carbons (Fsp3) is 0.214. The van der Waals surface area contributed by atoms with Gasteiger partial charge in [-0.1, -0.05) is 18.2 Å². The minimum Gasteiger partial charge on any atom is -0.311 e. The van der Waals surface area contributed by atoms with Crippen molar-refractivity contribution in [2.45, 2.75) is 13.8 Å². The van der Waals surface area contributed by atoms with Gasteiger partial charge in [-0.05, 0) is 43.2 Å². The van der Waals surface area contributed by atoms with Crippen LogP contribution in [0.3, 0.4) is 0 Å². The molecule has 0 aliphatic carbocycles. The van der Waals surface area contributed by atoms with E-state index < -0.39 is 0 Å². The van der Waals surface area contributed by atoms with E-state index in [9.17, 15) is 4.79 Å². The van der Waals surface area contributed by atoms with Crippen molar-refractivity contribution in [3.63, 3.8) is 0 Å². The first-order valence-electron chi connectivity index (χ1n) is 5.38. The summed E-state index contributed by atoms with van der Waals surface area (Å²) in [4.78, 5) is 12.2. The van der Waals surface area contributed by atoms with Crippen LogP contribution in [0.5, 0.6) is 0 Å². The summed E-state index contributed by atoms with van der Waals surface area (Å²) in [6.07, 6.45) is 0. The van der Waals surface area contributed by atoms with E-state index in [0.717, 1.165) is 22.0 Å². The fourth-order valence-electron chi connectivity index (χ4n) is 2.18. The van der Waals surface area contributed by atoms with Crippen molar-refractivity contribution in [3.05, 3.63) is 51.3 Å². The summed E-state index contributed by atoms with van der Waals surface area (Å²) in [6.45, 7) is 7.65. The summed E-state index contributed by atoms with van der Waals surface area (Å²) in [5, 5.41) is 1.67. The molecule has 0 spiro atoms. The lowest BCUT2D eigenvalue weighted by molar-refractivity contribution is 0.897. The maximum atomic E-state index is 12.2. The minimum absolute atomic E-state index is 0.00942. The Morgan fingerprint density at radius 1 is 1.41 bits per heavy atom. The van der Waals surface area contributed by atoms with Crippen LogP contribution >= 0.6 is 11.6 Å². The predicted octanol–water partition coefficient (Wildman–Crippen LogP) is 3.53. The summed E-state index contributed by atoms with van der Waals surface area (Å²) in [5.74, 6) is 0. The Labute approximate surface area is 105 Å². The molecule has 0 atom stereocenters. The Hall–Kier alpha value is -1.54. The monoisotopic (exact) mass is 247 g/mol. The zero-order valence-electron chi connectivity index (χ0n) is 10.2. The van der Waals surface area contributed by atoms with Gasteiger partial charge in [-0.25, -0.2) is 0 Å². The largest absolute Gasteiger partial charge is 0.311 e. The number of aryl methyl sites for hydroxylation is 2. The first kappa shape index (κ1) is 11.9. The Morgan fingerprint density at radius 3 is 2.65 bits per heavy atom. The van der Waals surface area contributed by atoms with Gasteiger partial charge in [-0.3, -0.25) is 4.79 Å². The van der Waals surface area contributed by atoms with E-state index >= 15 is 0 Å². The van der Waals surface area contributed by atoms with E-state index in [1.807, 2.05) is 26.0 Å². The second-order valence-electron chi connectivity index (χ2n) is 4.31. The van der Waals surface area contributed by atoms with Gasteiger partial charge in [0.15, 0.2) is 0 Å². The highest BCUT2D eigenvalue weighted by Crippen LogP contribution is 2.25. The van der Waals surface area contributed by atoms with Crippen molar-refractivity contribution in [1.29, 1.82) is 0 Å². The number of rotatable bonds is 1. The summed E-state index contributed by atoms with van der Waals surface area (Å²) in [6, 6.07) is 5.55. The highest BCUT2D eigenvalue weighted by Gasteiger charge is 2.12. The van der Waals surface area contributed by atoms with Crippen LogP contribution < -0.4 is 5.56 Å². The van der Waals surface area contributed by atoms with E-state index in [2.05, 4.69) is 6.58 Å². The molecular weight excluding hydrogens is 234 g/mol. The lowest BCUT2D eigenvalue weighted by Gasteiger charge is -2.13. The second kappa shape index (κ2) is 4.04. The number of nitrogens with zero attached hydrogens (tertiary/aromatic N) is 1. The lowest BCUT2D eigenvalue weighted by atomic mass is 10.00. The van der Waals surface area contributed by atoms with Gasteiger partial charge in [0.1, 0.15) is 0 Å². The third-order valence-corrected chi connectivity index (χ3v) is 3.28. The molecule has 0 unspecified atom stereocenters. The van der Waals surface area contributed by atoms with E-state index in [1.54, 1.807) is 17.7 Å². The third kappa shape index (κ3) is 1.79. The van der Waals surface area contributed by atoms with Gasteiger partial charge in [-0.15, -0.1) is 0 Å². The van der Waals surface area contributed by atoms with Crippen molar-refractivity contribution >= 4 is 28.1 Å². The SMILES string of the molecule is C=C(C)c1c(C)c2cc(Cl)ccc2n(C)c1=O. The quantitative estimate of drug-likeness (QED) is 0.756. The summed E-state index contributed by atoms with van der Waals surface area (Å²) >= 11 is 6.00. The number of aromatic nitrogens is 1. The number of halogens is 1. The van der Waals surface area contributed by atoms with Crippen molar-refractivity contribution in [2.75, 3.05) is 0 Å². The van der Waals surface area contributed by atoms with Crippen LogP contribution in [-0.2, 0) is 7.05 Å². The van der Waals surface area contributed by atoms with Crippen molar-refractivity contribution in [1.82, 2.24) is 4.57 Å². The van der Waals surface area contributed by atoms with Crippen LogP contribution in [-0.4, -0.2) is 4.57 Å². The molecule has 2 aromatic rings. The standard InChI is InChI=1S/C14H14ClNO/c1-8(2)13-9(3)11-7-10(15)5-6-12(11)16(4)14(13)17/h5-7H,1H2,2-4H3. The molecular formula is C14H14ClNO. The molecule has 0 bridgehead atoms. The zero-order chi connectivity index (χ0) is 12.7. The molecule has 2 nitrogen and oxygen atoms in total. The maximum absolute atomic E-state index is 12.2. The number of benzene rings is 1. The molecule has 1 heterocycles. The third-order valence-electron chi connectivity index (χ3n) is 3.04. The number of pyridine rings is 1. The Kier molecular flexibility index (Phi) is 2.84. The molecule has 0 saturated carbocycles. The summed E-state index contributed by atoms with van der Waals surface area (Å²) < 4.78 is 1.64. The van der Waals surface area contributed by atoms with Crippen molar-refractivity contribution in [2.24, 2.45) is 7.05 Å². The van der Waals surface area contributed by atoms with Crippen molar-refractivity contribution in [3.8, 4) is 0 Å². The molecule has 0 aliphatic rings. The van der Waals surface area contributed by atoms with Gasteiger partial charge >= 0.3 is 0 Å². The molecule has 0 N–H and O–H groups in total. The Balaban J connectivity index is 3.06. The second-order valence-corrected chi connectivity index (χ2v) is 4.74. The van der Waals surface area contributed by atoms with Crippen LogP contribution in [0.25, 0.3) is 16.5 Å². The first-order valence-corrected chi connectivity index (χ1v) is 5.76. The van der Waals surface area contributed by atoms with Gasteiger partial charge in [0.25, 0.3) is 5.56 Å². The first-order chi connectivity index (χ1) is 7.93. The van der Waals surface area contributed by atoms with Crippen LogP contribution in [0, 0.1) is 6.92 Å². The topological polar surface area (TPSA) is 22.0 Å². The Morgan fingerprint density at radius 2 is 2.06 bits per heavy atom. The number of hydrogen-bond donors (Lipinski definition) is 0. The molecule has 17 heavy (non-hydrogen) atoms. The summed E-state index contributed by atoms with van der Waals surface area (Å²) in [7, 11) is 1.77. The molecule has 2 rings (SSSR count). The molecule has 0 saturated heterocycles. The highest BCUT2D eigenvalue weighted by atomic mass is 35.5. The molecule has 0 amide bonds. The van der Waals surface area contributed by atoms with E-state index in [4.69, 9.17) is 11.6 Å². The van der Waals surface area contributed by atoms with E-state index in [-0.39, 0.29) is 5.56 Å². The molecule has 0 radical (unpaired) electrons. The zero-order valence-corrected chi connectivity index (χ0v) is 10.9. The number of allylic oxidation sites excluding steroid dienone is 1. The van der Waals surface area contributed by atoms with Crippen LogP contribution in [0.4, 0.5) is 0 Å². The maximum Gasteiger partial charge on any atom is 0.258 e. The van der Waals surface area contributed by atoms with Gasteiger partial charge in [0.05, 0.1) is 5.52 Å². The van der Waals surface area contributed by atoms with Gasteiger partial charge in [-0.2, -0.15) is 0 Å². The lowest BCUT2D eigenvalue weighted by Crippen LogP contribution is -2.22. The average Bonchev–Trinajstić information content (AvgIpc) is 2.26. The molecule has 1 aromatic heterocycles. The normalized spacial score (nSPS) is 10.8. The highest BCUT2D eigenvalue weighted by molar-refractivity contribution is 6.31. The van der Waals surface area contributed by atoms with Gasteiger partial charge in [0, 0.05) is 23.0 Å². The van der Waals surface area contributed by atoms with Crippen LogP contribution in [0.15, 0.2) is 29.6 Å². The van der Waals surface area contributed by atoms with E-state index in [1.165, 1.54) is 0 Å². The van der Waals surface area contributed by atoms with Crippen LogP contribution in [0.2, 0.25) is 5.02 Å². The predicted molar refractivity (Wildman–Crippen MR) is 73.6 cm³/mol. The average molecular weight is 248 g/mol. The molecule has 3 heteroatoms. The van der Waals surface area contributed by atoms with Gasteiger partial charge in [0.2, 0.25) is 0 Å². The van der Waals surface area contributed by atoms with E-state index in [0.29, 0.717) is 10.6 Å². The van der Waals surface area contributed by atoms with Crippen LogP contribution in [0.1, 0.15) is 18.1 Å². The minimum atomic E-state index is -0.00942. The summed E-state index contributed by atoms with van der Waals surface area (Å²) in [5.41, 5.74) is 3.29. The van der Waals surface area contributed by atoms with Gasteiger partial charge < -0.3 is 4.57 Å². The Bertz CT molecular complexity index is 683. The van der Waals surface area contributed by atoms with Crippen molar-refractivity contribution < 1.29 is 0 Å².